The first-order valence-electron chi connectivity index (χ1n) is 8.16. The molecule has 0 bridgehead atoms. The SMILES string of the molecule is CC(C)(C)OC(=O)N1CCC(c2ccc(CCO)cc2)C(O)C1. The monoisotopic (exact) mass is 321 g/mol. The maximum absolute atomic E-state index is 12.1. The Morgan fingerprint density at radius 3 is 2.48 bits per heavy atom. The number of hydrogen-bond acceptors (Lipinski definition) is 4. The van der Waals surface area contributed by atoms with E-state index in [1.54, 1.807) is 4.90 Å². The molecule has 0 aliphatic carbocycles. The summed E-state index contributed by atoms with van der Waals surface area (Å²) in [7, 11) is 0. The van der Waals surface area contributed by atoms with Gasteiger partial charge < -0.3 is 19.8 Å². The van der Waals surface area contributed by atoms with E-state index in [2.05, 4.69) is 0 Å². The number of rotatable bonds is 3. The molecule has 1 aliphatic rings. The van der Waals surface area contributed by atoms with Crippen molar-refractivity contribution in [3.63, 3.8) is 0 Å². The third-order valence-corrected chi connectivity index (χ3v) is 4.04. The smallest absolute Gasteiger partial charge is 0.410 e. The van der Waals surface area contributed by atoms with E-state index in [1.165, 1.54) is 0 Å². The van der Waals surface area contributed by atoms with Crippen molar-refractivity contribution in [1.82, 2.24) is 4.90 Å². The number of carbonyl (C=O) groups is 1. The second kappa shape index (κ2) is 7.32. The molecular formula is C18H27NO4. The Kier molecular flexibility index (Phi) is 5.65. The second-order valence-electron chi connectivity index (χ2n) is 7.10. The number of piperidine rings is 1. The number of β-amino-alcohol motifs (C(OH)–C–C–N with tert-alkyl or cyclic N) is 1. The van der Waals surface area contributed by atoms with Gasteiger partial charge in [0.15, 0.2) is 0 Å². The van der Waals surface area contributed by atoms with Crippen molar-refractivity contribution in [1.29, 1.82) is 0 Å². The van der Waals surface area contributed by atoms with Crippen LogP contribution >= 0.6 is 0 Å². The topological polar surface area (TPSA) is 70.0 Å². The van der Waals surface area contributed by atoms with E-state index in [1.807, 2.05) is 45.0 Å². The van der Waals surface area contributed by atoms with E-state index in [0.29, 0.717) is 19.4 Å². The summed E-state index contributed by atoms with van der Waals surface area (Å²) < 4.78 is 5.36. The minimum absolute atomic E-state index is 0.0249. The van der Waals surface area contributed by atoms with Gasteiger partial charge in [0.2, 0.25) is 0 Å². The lowest BCUT2D eigenvalue weighted by Gasteiger charge is -2.37. The molecule has 2 atom stereocenters. The van der Waals surface area contributed by atoms with Crippen molar-refractivity contribution in [2.45, 2.75) is 51.2 Å². The first kappa shape index (κ1) is 17.8. The summed E-state index contributed by atoms with van der Waals surface area (Å²) in [5, 5.41) is 19.4. The quantitative estimate of drug-likeness (QED) is 0.896. The molecule has 1 fully saturated rings. The molecular weight excluding hydrogens is 294 g/mol. The Hall–Kier alpha value is -1.59. The van der Waals surface area contributed by atoms with Crippen LogP contribution in [0.25, 0.3) is 0 Å². The number of aliphatic hydroxyl groups excluding tert-OH is 2. The van der Waals surface area contributed by atoms with Crippen molar-refractivity contribution < 1.29 is 19.7 Å². The van der Waals surface area contributed by atoms with Crippen LogP contribution in [0.3, 0.4) is 0 Å². The highest BCUT2D eigenvalue weighted by molar-refractivity contribution is 5.68. The van der Waals surface area contributed by atoms with Gasteiger partial charge in [0.05, 0.1) is 12.6 Å². The molecule has 2 N–H and O–H groups in total. The van der Waals surface area contributed by atoms with Gasteiger partial charge in [0.25, 0.3) is 0 Å². The fourth-order valence-corrected chi connectivity index (χ4v) is 2.87. The van der Waals surface area contributed by atoms with Crippen LogP contribution in [0.2, 0.25) is 0 Å². The van der Waals surface area contributed by atoms with Crippen LogP contribution in [0.5, 0.6) is 0 Å². The maximum Gasteiger partial charge on any atom is 0.410 e. The fraction of sp³-hybridized carbons (Fsp3) is 0.611. The van der Waals surface area contributed by atoms with E-state index in [9.17, 15) is 9.90 Å². The molecule has 0 spiro atoms. The van der Waals surface area contributed by atoms with Gasteiger partial charge >= 0.3 is 6.09 Å². The van der Waals surface area contributed by atoms with Gasteiger partial charge in [0, 0.05) is 19.1 Å². The number of likely N-dealkylation sites (tertiary alicyclic amines) is 1. The maximum atomic E-state index is 12.1. The molecule has 0 saturated carbocycles. The van der Waals surface area contributed by atoms with Gasteiger partial charge in [-0.1, -0.05) is 24.3 Å². The molecule has 5 heteroatoms. The molecule has 1 saturated heterocycles. The van der Waals surface area contributed by atoms with Gasteiger partial charge in [-0.3, -0.25) is 0 Å². The van der Waals surface area contributed by atoms with E-state index >= 15 is 0 Å². The summed E-state index contributed by atoms with van der Waals surface area (Å²) in [5.74, 6) is 0.0249. The summed E-state index contributed by atoms with van der Waals surface area (Å²) in [6.45, 7) is 6.51. The van der Waals surface area contributed by atoms with Crippen LogP contribution in [0.1, 0.15) is 44.2 Å². The van der Waals surface area contributed by atoms with Gasteiger partial charge in [-0.05, 0) is 44.7 Å². The fourth-order valence-electron chi connectivity index (χ4n) is 2.87. The van der Waals surface area contributed by atoms with Crippen LogP contribution in [-0.2, 0) is 11.2 Å². The lowest BCUT2D eigenvalue weighted by molar-refractivity contribution is -0.00151. The molecule has 1 aliphatic heterocycles. The van der Waals surface area contributed by atoms with E-state index in [-0.39, 0.29) is 25.2 Å². The second-order valence-corrected chi connectivity index (χ2v) is 7.10. The predicted molar refractivity (Wildman–Crippen MR) is 88.4 cm³/mol. The summed E-state index contributed by atoms with van der Waals surface area (Å²) in [6, 6.07) is 7.97. The Labute approximate surface area is 137 Å². The molecule has 2 rings (SSSR count). The van der Waals surface area contributed by atoms with Crippen molar-refractivity contribution in [2.75, 3.05) is 19.7 Å². The zero-order chi connectivity index (χ0) is 17.0. The molecule has 2 unspecified atom stereocenters. The number of carbonyl (C=O) groups excluding carboxylic acids is 1. The highest BCUT2D eigenvalue weighted by Gasteiger charge is 2.33. The van der Waals surface area contributed by atoms with E-state index in [0.717, 1.165) is 11.1 Å². The first-order chi connectivity index (χ1) is 10.8. The standard InChI is InChI=1S/C18H27NO4/c1-18(2,3)23-17(22)19-10-8-15(16(21)12-19)14-6-4-13(5-7-14)9-11-20/h4-7,15-16,20-21H,8-12H2,1-3H3. The Balaban J connectivity index is 1.97. The lowest BCUT2D eigenvalue weighted by Crippen LogP contribution is -2.47. The molecule has 5 nitrogen and oxygen atoms in total. The first-order valence-corrected chi connectivity index (χ1v) is 8.16. The average Bonchev–Trinajstić information content (AvgIpc) is 2.47. The summed E-state index contributed by atoms with van der Waals surface area (Å²) >= 11 is 0. The van der Waals surface area contributed by atoms with Crippen molar-refractivity contribution in [2.24, 2.45) is 0 Å². The Bertz CT molecular complexity index is 521. The normalized spacial score (nSPS) is 22.0. The number of hydrogen-bond donors (Lipinski definition) is 2. The number of amides is 1. The molecule has 0 aromatic heterocycles. The minimum Gasteiger partial charge on any atom is -0.444 e. The highest BCUT2D eigenvalue weighted by Crippen LogP contribution is 2.29. The molecule has 1 amide bonds. The van der Waals surface area contributed by atoms with Crippen LogP contribution in [-0.4, -0.2) is 52.6 Å². The van der Waals surface area contributed by atoms with Crippen molar-refractivity contribution >= 4 is 6.09 Å². The summed E-state index contributed by atoms with van der Waals surface area (Å²) in [5.41, 5.74) is 1.63. The molecule has 1 aromatic carbocycles. The molecule has 23 heavy (non-hydrogen) atoms. The highest BCUT2D eigenvalue weighted by atomic mass is 16.6. The number of ether oxygens (including phenoxy) is 1. The van der Waals surface area contributed by atoms with Crippen molar-refractivity contribution in [3.8, 4) is 0 Å². The van der Waals surface area contributed by atoms with Gasteiger partial charge in [-0.25, -0.2) is 4.79 Å². The molecule has 1 heterocycles. The number of benzene rings is 1. The summed E-state index contributed by atoms with van der Waals surface area (Å²) in [6.07, 6.45) is 0.382. The van der Waals surface area contributed by atoms with Gasteiger partial charge in [-0.2, -0.15) is 0 Å². The van der Waals surface area contributed by atoms with E-state index in [4.69, 9.17) is 9.84 Å². The zero-order valence-corrected chi connectivity index (χ0v) is 14.2. The predicted octanol–water partition coefficient (Wildman–Crippen LogP) is 2.31. The molecule has 1 aromatic rings. The molecule has 0 radical (unpaired) electrons. The molecule has 128 valence electrons. The van der Waals surface area contributed by atoms with Crippen LogP contribution < -0.4 is 0 Å². The largest absolute Gasteiger partial charge is 0.444 e. The third kappa shape index (κ3) is 4.94. The lowest BCUT2D eigenvalue weighted by atomic mass is 9.86. The third-order valence-electron chi connectivity index (χ3n) is 4.04. The van der Waals surface area contributed by atoms with Crippen LogP contribution in [0.15, 0.2) is 24.3 Å². The van der Waals surface area contributed by atoms with Crippen molar-refractivity contribution in [3.05, 3.63) is 35.4 Å². The summed E-state index contributed by atoms with van der Waals surface area (Å²) in [4.78, 5) is 13.7. The number of nitrogens with zero attached hydrogens (tertiary/aromatic N) is 1. The van der Waals surface area contributed by atoms with Gasteiger partial charge in [0.1, 0.15) is 5.60 Å². The van der Waals surface area contributed by atoms with Crippen LogP contribution in [0, 0.1) is 0 Å². The van der Waals surface area contributed by atoms with Crippen LogP contribution in [0.4, 0.5) is 4.79 Å². The average molecular weight is 321 g/mol. The van der Waals surface area contributed by atoms with Gasteiger partial charge in [-0.15, -0.1) is 0 Å². The Morgan fingerprint density at radius 1 is 1.30 bits per heavy atom. The Morgan fingerprint density at radius 2 is 1.96 bits per heavy atom. The minimum atomic E-state index is -0.597. The number of aliphatic hydroxyl groups is 2. The zero-order valence-electron chi connectivity index (χ0n) is 14.2. The van der Waals surface area contributed by atoms with E-state index < -0.39 is 11.7 Å².